The summed E-state index contributed by atoms with van der Waals surface area (Å²) in [6.45, 7) is 14.9. The Morgan fingerprint density at radius 1 is 0.622 bits per heavy atom. The molecule has 2 heterocycles. The molecule has 4 rings (SSSR count). The SMILES string of the molecule is CC(C)(C)c1cc(C(C)(C)C)c2nc1C=NCCC(c1ccccc1)NC(c1ccccc1)CCN=C2. The molecule has 37 heavy (non-hydrogen) atoms. The van der Waals surface area contributed by atoms with Crippen LogP contribution in [0.3, 0.4) is 0 Å². The Balaban J connectivity index is 1.76. The molecule has 2 aromatic carbocycles. The average Bonchev–Trinajstić information content (AvgIpc) is 2.86. The van der Waals surface area contributed by atoms with E-state index in [1.54, 1.807) is 0 Å². The molecule has 4 nitrogen and oxygen atoms in total. The molecule has 4 heteroatoms. The molecule has 0 fully saturated rings. The first-order valence-electron chi connectivity index (χ1n) is 13.5. The molecule has 1 aliphatic rings. The summed E-state index contributed by atoms with van der Waals surface area (Å²) in [6, 6.07) is 24.2. The van der Waals surface area contributed by atoms with Crippen LogP contribution in [0.1, 0.15) is 100 Å². The van der Waals surface area contributed by atoms with Gasteiger partial charge in [-0.15, -0.1) is 0 Å². The van der Waals surface area contributed by atoms with Gasteiger partial charge in [0.15, 0.2) is 0 Å². The predicted octanol–water partition coefficient (Wildman–Crippen LogP) is 7.38. The highest BCUT2D eigenvalue weighted by Gasteiger charge is 2.26. The van der Waals surface area contributed by atoms with E-state index >= 15 is 0 Å². The van der Waals surface area contributed by atoms with Crippen LogP contribution in [0.4, 0.5) is 0 Å². The summed E-state index contributed by atoms with van der Waals surface area (Å²) in [6.07, 6.45) is 5.77. The van der Waals surface area contributed by atoms with Crippen molar-refractivity contribution in [3.05, 3.63) is 100 Å². The van der Waals surface area contributed by atoms with Crippen molar-refractivity contribution >= 4 is 12.4 Å². The maximum atomic E-state index is 5.13. The predicted molar refractivity (Wildman–Crippen MR) is 157 cm³/mol. The number of hydrogen-bond acceptors (Lipinski definition) is 4. The summed E-state index contributed by atoms with van der Waals surface area (Å²) in [5.41, 5.74) is 6.87. The van der Waals surface area contributed by atoms with Gasteiger partial charge in [-0.3, -0.25) is 9.98 Å². The van der Waals surface area contributed by atoms with Crippen LogP contribution in [0, 0.1) is 0 Å². The summed E-state index contributed by atoms with van der Waals surface area (Å²) in [5.74, 6) is 0. The van der Waals surface area contributed by atoms with Crippen LogP contribution in [0.2, 0.25) is 0 Å². The monoisotopic (exact) mass is 494 g/mol. The van der Waals surface area contributed by atoms with Crippen LogP contribution in [0.15, 0.2) is 76.7 Å². The Morgan fingerprint density at radius 3 is 1.41 bits per heavy atom. The summed E-state index contributed by atoms with van der Waals surface area (Å²) in [5, 5.41) is 3.96. The molecule has 0 saturated heterocycles. The number of aliphatic imine (C=N–C) groups is 2. The Hall–Kier alpha value is -3.11. The minimum absolute atomic E-state index is 0.0352. The number of rotatable bonds is 2. The fourth-order valence-corrected chi connectivity index (χ4v) is 4.96. The average molecular weight is 495 g/mol. The minimum Gasteiger partial charge on any atom is -0.303 e. The molecule has 194 valence electrons. The third kappa shape index (κ3) is 7.01. The Kier molecular flexibility index (Phi) is 8.39. The lowest BCUT2D eigenvalue weighted by Crippen LogP contribution is -2.28. The third-order valence-electron chi connectivity index (χ3n) is 7.02. The summed E-state index contributed by atoms with van der Waals surface area (Å²) in [4.78, 5) is 14.9. The van der Waals surface area contributed by atoms with Gasteiger partial charge < -0.3 is 5.32 Å². The number of hydrogen-bond donors (Lipinski definition) is 1. The standard InChI is InChI=1S/C33H42N4/c1-32(2,3)26-21-27(33(4,5)6)31-23-35-20-18-29(25-15-11-8-12-16-25)36-28(24-13-9-7-10-14-24)17-19-34-22-30(26)37-31/h7-16,21-23,28-29,36H,17-20H2,1-6H3. The second-order valence-corrected chi connectivity index (χ2v) is 12.1. The first kappa shape index (κ1) is 26.9. The van der Waals surface area contributed by atoms with Crippen molar-refractivity contribution in [2.45, 2.75) is 77.3 Å². The molecular weight excluding hydrogens is 452 g/mol. The topological polar surface area (TPSA) is 49.6 Å². The molecule has 0 spiro atoms. The van der Waals surface area contributed by atoms with Crippen molar-refractivity contribution in [1.29, 1.82) is 0 Å². The van der Waals surface area contributed by atoms with Gasteiger partial charge in [-0.1, -0.05) is 108 Å². The van der Waals surface area contributed by atoms with Crippen molar-refractivity contribution < 1.29 is 0 Å². The second kappa shape index (κ2) is 11.5. The van der Waals surface area contributed by atoms with Crippen molar-refractivity contribution in [2.75, 3.05) is 13.1 Å². The van der Waals surface area contributed by atoms with E-state index in [4.69, 9.17) is 15.0 Å². The Bertz CT molecular complexity index is 1120. The van der Waals surface area contributed by atoms with E-state index in [0.717, 1.165) is 37.3 Å². The lowest BCUT2D eigenvalue weighted by molar-refractivity contribution is 0.413. The number of nitrogens with one attached hydrogen (secondary N) is 1. The van der Waals surface area contributed by atoms with Crippen molar-refractivity contribution in [2.24, 2.45) is 9.98 Å². The van der Waals surface area contributed by atoms with Gasteiger partial charge in [0.05, 0.1) is 11.4 Å². The van der Waals surface area contributed by atoms with Crippen LogP contribution in [0.25, 0.3) is 0 Å². The maximum Gasteiger partial charge on any atom is 0.0853 e. The fraction of sp³-hybridized carbons (Fsp3) is 0.424. The molecule has 2 bridgehead atoms. The lowest BCUT2D eigenvalue weighted by Gasteiger charge is -2.28. The fourth-order valence-electron chi connectivity index (χ4n) is 4.96. The largest absolute Gasteiger partial charge is 0.303 e. The van der Waals surface area contributed by atoms with Crippen molar-refractivity contribution in [1.82, 2.24) is 10.3 Å². The van der Waals surface area contributed by atoms with Gasteiger partial charge in [0.25, 0.3) is 0 Å². The summed E-state index contributed by atoms with van der Waals surface area (Å²) in [7, 11) is 0. The molecular formula is C33H42N4. The Labute approximate surface area is 223 Å². The van der Waals surface area contributed by atoms with E-state index in [2.05, 4.69) is 114 Å². The summed E-state index contributed by atoms with van der Waals surface area (Å²) >= 11 is 0. The zero-order valence-corrected chi connectivity index (χ0v) is 23.3. The first-order chi connectivity index (χ1) is 17.6. The van der Waals surface area contributed by atoms with Crippen molar-refractivity contribution in [3.8, 4) is 0 Å². The van der Waals surface area contributed by atoms with Gasteiger partial charge in [-0.05, 0) is 45.9 Å². The highest BCUT2D eigenvalue weighted by Crippen LogP contribution is 2.32. The number of pyridine rings is 1. The molecule has 1 N–H and O–H groups in total. The zero-order chi connectivity index (χ0) is 26.5. The third-order valence-corrected chi connectivity index (χ3v) is 7.02. The maximum absolute atomic E-state index is 5.13. The van der Waals surface area contributed by atoms with Crippen LogP contribution in [0.5, 0.6) is 0 Å². The van der Waals surface area contributed by atoms with Gasteiger partial charge >= 0.3 is 0 Å². The van der Waals surface area contributed by atoms with Crippen LogP contribution < -0.4 is 5.32 Å². The molecule has 0 amide bonds. The molecule has 2 atom stereocenters. The van der Waals surface area contributed by atoms with Gasteiger partial charge in [0.1, 0.15) is 0 Å². The number of aromatic nitrogens is 1. The minimum atomic E-state index is -0.0352. The van der Waals surface area contributed by atoms with E-state index in [1.807, 2.05) is 12.4 Å². The summed E-state index contributed by atoms with van der Waals surface area (Å²) < 4.78 is 0. The van der Waals surface area contributed by atoms with Gasteiger partial charge in [-0.2, -0.15) is 0 Å². The van der Waals surface area contributed by atoms with Gasteiger partial charge in [-0.25, -0.2) is 4.98 Å². The normalized spacial score (nSPS) is 19.4. The zero-order valence-electron chi connectivity index (χ0n) is 23.3. The first-order valence-corrected chi connectivity index (χ1v) is 13.5. The quantitative estimate of drug-likeness (QED) is 0.404. The van der Waals surface area contributed by atoms with E-state index in [-0.39, 0.29) is 22.9 Å². The van der Waals surface area contributed by atoms with E-state index in [0.29, 0.717) is 0 Å². The molecule has 3 aromatic rings. The highest BCUT2D eigenvalue weighted by atomic mass is 15.0. The van der Waals surface area contributed by atoms with Crippen LogP contribution in [-0.2, 0) is 10.8 Å². The number of benzene rings is 2. The molecule has 0 radical (unpaired) electrons. The molecule has 0 saturated carbocycles. The van der Waals surface area contributed by atoms with Crippen LogP contribution in [-0.4, -0.2) is 30.5 Å². The Morgan fingerprint density at radius 2 is 1.03 bits per heavy atom. The highest BCUT2D eigenvalue weighted by molar-refractivity contribution is 5.85. The van der Waals surface area contributed by atoms with Gasteiger partial charge in [0.2, 0.25) is 0 Å². The lowest BCUT2D eigenvalue weighted by atomic mass is 9.79. The molecule has 0 aliphatic carbocycles. The van der Waals surface area contributed by atoms with E-state index < -0.39 is 0 Å². The van der Waals surface area contributed by atoms with Crippen LogP contribution >= 0.6 is 0 Å². The van der Waals surface area contributed by atoms with Gasteiger partial charge in [0, 0.05) is 37.6 Å². The van der Waals surface area contributed by atoms with E-state index in [9.17, 15) is 0 Å². The van der Waals surface area contributed by atoms with E-state index in [1.165, 1.54) is 22.3 Å². The number of fused-ring (bicyclic) bond motifs is 2. The second-order valence-electron chi connectivity index (χ2n) is 12.1. The molecule has 2 unspecified atom stereocenters. The van der Waals surface area contributed by atoms with Crippen molar-refractivity contribution in [3.63, 3.8) is 0 Å². The molecule has 1 aromatic heterocycles. The molecule has 1 aliphatic heterocycles. The smallest absolute Gasteiger partial charge is 0.0853 e. The number of nitrogens with zero attached hydrogens (tertiary/aromatic N) is 3.